The molecule has 13 nitrogen and oxygen atoms in total. The number of amides is 1. The highest BCUT2D eigenvalue weighted by Crippen LogP contribution is 2.40. The zero-order valence-corrected chi connectivity index (χ0v) is 30.3. The van der Waals surface area contributed by atoms with E-state index in [2.05, 4.69) is 41.6 Å². The second-order valence-corrected chi connectivity index (χ2v) is 15.9. The maximum Gasteiger partial charge on any atom is 0.319 e. The Balaban J connectivity index is 1.02. The van der Waals surface area contributed by atoms with Gasteiger partial charge in [-0.3, -0.25) is 9.78 Å². The molecule has 9 rings (SSSR count). The molecule has 0 spiro atoms. The molecule has 2 N–H and O–H groups in total. The van der Waals surface area contributed by atoms with Gasteiger partial charge in [-0.25, -0.2) is 18.2 Å². The van der Waals surface area contributed by atoms with E-state index in [4.69, 9.17) is 11.2 Å². The van der Waals surface area contributed by atoms with Gasteiger partial charge in [0.15, 0.2) is 18.2 Å². The van der Waals surface area contributed by atoms with Crippen molar-refractivity contribution in [2.24, 2.45) is 0 Å². The second-order valence-electron chi connectivity index (χ2n) is 14.1. The number of aromatic nitrogens is 6. The van der Waals surface area contributed by atoms with Gasteiger partial charge in [-0.15, -0.1) is 15.6 Å². The lowest BCUT2D eigenvalue weighted by Gasteiger charge is -2.34. The van der Waals surface area contributed by atoms with Crippen LogP contribution in [0.1, 0.15) is 55.0 Å². The zero-order chi connectivity index (χ0) is 38.7. The van der Waals surface area contributed by atoms with Gasteiger partial charge in [-0.2, -0.15) is 18.4 Å². The highest BCUT2D eigenvalue weighted by molar-refractivity contribution is 7.89. The quantitative estimate of drug-likeness (QED) is 0.168. The van der Waals surface area contributed by atoms with Crippen LogP contribution >= 0.6 is 0 Å². The lowest BCUT2D eigenvalue weighted by molar-refractivity contribution is -0.118. The Hall–Kier alpha value is -6.12. The SMILES string of the molecule is C#Cc1cccc2cc(C(F)F)cc(-c3ncc4c(N5C[C@H]6CC[C@@H](C5)N6)nc(OCC(=O)Nc5ccc(S(=O)(=O)n6cnc(C7CC7)n6)cc5)nc4c3F)c12. The van der Waals surface area contributed by atoms with Crippen molar-refractivity contribution in [1.82, 2.24) is 34.4 Å². The Kier molecular flexibility index (Phi) is 8.81. The van der Waals surface area contributed by atoms with Gasteiger partial charge in [0.2, 0.25) is 0 Å². The van der Waals surface area contributed by atoms with Crippen LogP contribution in [0.4, 0.5) is 24.7 Å². The Morgan fingerprint density at radius 3 is 2.52 bits per heavy atom. The second kappa shape index (κ2) is 13.9. The minimum absolute atomic E-state index is 0.0437. The van der Waals surface area contributed by atoms with E-state index >= 15 is 4.39 Å². The first-order valence-corrected chi connectivity index (χ1v) is 19.4. The van der Waals surface area contributed by atoms with Gasteiger partial charge in [0, 0.05) is 65.1 Å². The summed E-state index contributed by atoms with van der Waals surface area (Å²) in [6.07, 6.45) is 9.31. The van der Waals surface area contributed by atoms with Gasteiger partial charge in [0.25, 0.3) is 22.4 Å². The largest absolute Gasteiger partial charge is 0.453 e. The van der Waals surface area contributed by atoms with Crippen molar-refractivity contribution >= 4 is 49.1 Å². The third kappa shape index (κ3) is 6.54. The summed E-state index contributed by atoms with van der Waals surface area (Å²) in [5, 5.41) is 11.4. The monoisotopic (exact) mass is 779 g/mol. The van der Waals surface area contributed by atoms with Gasteiger partial charge in [0.05, 0.1) is 10.3 Å². The van der Waals surface area contributed by atoms with Crippen molar-refractivity contribution in [3.05, 3.63) is 89.9 Å². The summed E-state index contributed by atoms with van der Waals surface area (Å²) in [7, 11) is -3.99. The van der Waals surface area contributed by atoms with E-state index in [1.54, 1.807) is 18.2 Å². The summed E-state index contributed by atoms with van der Waals surface area (Å²) in [5.41, 5.74) is 0.00563. The number of rotatable bonds is 10. The van der Waals surface area contributed by atoms with Crippen LogP contribution < -0.4 is 20.3 Å². The van der Waals surface area contributed by atoms with Crippen LogP contribution in [0.3, 0.4) is 0 Å². The average molecular weight is 780 g/mol. The number of pyridine rings is 1. The number of nitrogens with one attached hydrogen (secondary N) is 2. The van der Waals surface area contributed by atoms with Crippen molar-refractivity contribution in [2.45, 2.75) is 55.0 Å². The third-order valence-corrected chi connectivity index (χ3v) is 11.8. The fourth-order valence-electron chi connectivity index (χ4n) is 7.42. The molecule has 3 aromatic heterocycles. The number of benzene rings is 3. The molecule has 3 aliphatic rings. The molecule has 17 heteroatoms. The van der Waals surface area contributed by atoms with Gasteiger partial charge >= 0.3 is 6.01 Å². The Labute approximate surface area is 318 Å². The number of fused-ring (bicyclic) bond motifs is 4. The van der Waals surface area contributed by atoms with Crippen LogP contribution in [0.2, 0.25) is 0 Å². The first-order valence-electron chi connectivity index (χ1n) is 17.9. The molecule has 2 atom stereocenters. The normalized spacial score (nSPS) is 18.1. The maximum atomic E-state index is 16.9. The molecule has 1 saturated carbocycles. The number of alkyl halides is 2. The van der Waals surface area contributed by atoms with Crippen LogP contribution in [0.25, 0.3) is 32.9 Å². The zero-order valence-electron chi connectivity index (χ0n) is 29.5. The lowest BCUT2D eigenvalue weighted by Crippen LogP contribution is -2.51. The number of carbonyl (C=O) groups is 1. The minimum Gasteiger partial charge on any atom is -0.453 e. The highest BCUT2D eigenvalue weighted by Gasteiger charge is 2.35. The first-order chi connectivity index (χ1) is 27.0. The number of hydrogen-bond acceptors (Lipinski definition) is 11. The molecule has 0 unspecified atom stereocenters. The van der Waals surface area contributed by atoms with Gasteiger partial charge in [0.1, 0.15) is 23.4 Å². The van der Waals surface area contributed by atoms with E-state index in [1.165, 1.54) is 48.9 Å². The van der Waals surface area contributed by atoms with Gasteiger partial charge < -0.3 is 20.3 Å². The van der Waals surface area contributed by atoms with E-state index in [0.717, 1.165) is 29.8 Å². The predicted octanol–water partition coefficient (Wildman–Crippen LogP) is 5.57. The molecule has 0 radical (unpaired) electrons. The number of nitrogens with zero attached hydrogens (tertiary/aromatic N) is 7. The molecule has 1 amide bonds. The summed E-state index contributed by atoms with van der Waals surface area (Å²) in [5.74, 6) is 2.07. The number of piperazine rings is 1. The average Bonchev–Trinajstić information content (AvgIpc) is 3.82. The van der Waals surface area contributed by atoms with Gasteiger partial charge in [-0.1, -0.05) is 18.1 Å². The molecular formula is C39H32F3N9O4S. The summed E-state index contributed by atoms with van der Waals surface area (Å²) in [6.45, 7) is 0.568. The molecule has 2 saturated heterocycles. The number of carbonyl (C=O) groups excluding carboxylic acids is 1. The molecule has 284 valence electrons. The van der Waals surface area contributed by atoms with Crippen molar-refractivity contribution in [2.75, 3.05) is 29.9 Å². The fraction of sp³-hybridized carbons (Fsp3) is 0.282. The standard InChI is InChI=1S/C39H32F3N9O4S/c1-2-21-4-3-5-23-14-24(36(41)42)15-29(32(21)23)34-33(40)35-30(16-43-34)38(50-17-26-8-9-27(18-50)45-26)48-39(47-35)55-19-31(52)46-25-10-12-28(13-11-25)56(53,54)51-20-44-37(49-51)22-6-7-22/h1,3-5,10-16,20,22,26-27,36,45H,6-9,17-19H2,(H,46,52)/t26-,27+. The molecule has 6 aromatic rings. The summed E-state index contributed by atoms with van der Waals surface area (Å²) >= 11 is 0. The van der Waals surface area contributed by atoms with Crippen LogP contribution in [0, 0.1) is 18.2 Å². The Bertz CT molecular complexity index is 2690. The first kappa shape index (κ1) is 35.6. The Morgan fingerprint density at radius 1 is 1.04 bits per heavy atom. The molecule has 1 aliphatic carbocycles. The summed E-state index contributed by atoms with van der Waals surface area (Å²) < 4.78 is 77.8. The smallest absolute Gasteiger partial charge is 0.319 e. The minimum atomic E-state index is -3.99. The third-order valence-electron chi connectivity index (χ3n) is 10.3. The number of ether oxygens (including phenoxy) is 1. The number of terminal acetylenes is 1. The number of anilines is 2. The van der Waals surface area contributed by atoms with E-state index in [1.807, 2.05) is 4.90 Å². The van der Waals surface area contributed by atoms with Gasteiger partial charge in [-0.05, 0) is 73.5 Å². The molecule has 5 heterocycles. The fourth-order valence-corrected chi connectivity index (χ4v) is 8.48. The number of hydrogen-bond donors (Lipinski definition) is 2. The molecular weight excluding hydrogens is 748 g/mol. The van der Waals surface area contributed by atoms with E-state index in [-0.39, 0.29) is 62.3 Å². The van der Waals surface area contributed by atoms with E-state index in [0.29, 0.717) is 41.1 Å². The number of halogens is 3. The molecule has 3 aromatic carbocycles. The lowest BCUT2D eigenvalue weighted by atomic mass is 9.94. The van der Waals surface area contributed by atoms with Crippen LogP contribution in [-0.2, 0) is 14.8 Å². The highest BCUT2D eigenvalue weighted by atomic mass is 32.2. The van der Waals surface area contributed by atoms with Crippen LogP contribution in [0.15, 0.2) is 72.0 Å². The molecule has 2 bridgehead atoms. The molecule has 2 aliphatic heterocycles. The van der Waals surface area contributed by atoms with Crippen molar-refractivity contribution in [3.63, 3.8) is 0 Å². The van der Waals surface area contributed by atoms with E-state index in [9.17, 15) is 22.0 Å². The topological polar surface area (TPSA) is 157 Å². The van der Waals surface area contributed by atoms with Crippen molar-refractivity contribution in [3.8, 4) is 29.6 Å². The van der Waals surface area contributed by atoms with E-state index < -0.39 is 34.8 Å². The molecule has 56 heavy (non-hydrogen) atoms. The maximum absolute atomic E-state index is 16.9. The Morgan fingerprint density at radius 2 is 1.80 bits per heavy atom. The predicted molar refractivity (Wildman–Crippen MR) is 200 cm³/mol. The molecule has 3 fully saturated rings. The van der Waals surface area contributed by atoms with Crippen LogP contribution in [-0.4, -0.2) is 75.2 Å². The summed E-state index contributed by atoms with van der Waals surface area (Å²) in [6, 6.07) is 13.0. The van der Waals surface area contributed by atoms with Crippen molar-refractivity contribution < 1.29 is 31.1 Å². The van der Waals surface area contributed by atoms with Crippen molar-refractivity contribution in [1.29, 1.82) is 0 Å². The van der Waals surface area contributed by atoms with Crippen LogP contribution in [0.5, 0.6) is 6.01 Å². The summed E-state index contributed by atoms with van der Waals surface area (Å²) in [4.78, 5) is 32.6.